The Morgan fingerprint density at radius 1 is 1.21 bits per heavy atom. The lowest BCUT2D eigenvalue weighted by Crippen LogP contribution is -2.30. The highest BCUT2D eigenvalue weighted by atomic mass is 79.9. The molecule has 1 fully saturated rings. The fourth-order valence-electron chi connectivity index (χ4n) is 2.66. The van der Waals surface area contributed by atoms with E-state index >= 15 is 0 Å². The molecule has 2 rings (SSSR count). The minimum atomic E-state index is 0.350. The number of aromatic nitrogens is 2. The SMILES string of the molecule is CC(C)c1nc(Br)cc(NC2CCC(C)C(C)C2)n1. The van der Waals surface area contributed by atoms with Gasteiger partial charge in [0.15, 0.2) is 0 Å². The minimum absolute atomic E-state index is 0.350. The molecule has 106 valence electrons. The maximum atomic E-state index is 4.62. The van der Waals surface area contributed by atoms with E-state index in [0.717, 1.165) is 28.1 Å². The highest BCUT2D eigenvalue weighted by Gasteiger charge is 2.24. The Hall–Kier alpha value is -0.640. The molecule has 1 aliphatic rings. The quantitative estimate of drug-likeness (QED) is 0.825. The molecule has 1 aromatic rings. The highest BCUT2D eigenvalue weighted by molar-refractivity contribution is 9.10. The smallest absolute Gasteiger partial charge is 0.134 e. The fraction of sp³-hybridized carbons (Fsp3) is 0.733. The first-order valence-corrected chi connectivity index (χ1v) is 8.06. The summed E-state index contributed by atoms with van der Waals surface area (Å²) in [4.78, 5) is 9.04. The number of hydrogen-bond donors (Lipinski definition) is 1. The van der Waals surface area contributed by atoms with Crippen molar-refractivity contribution >= 4 is 21.7 Å². The molecular weight excluding hydrogens is 302 g/mol. The topological polar surface area (TPSA) is 37.8 Å². The monoisotopic (exact) mass is 325 g/mol. The lowest BCUT2D eigenvalue weighted by atomic mass is 9.79. The lowest BCUT2D eigenvalue weighted by Gasteiger charge is -2.32. The van der Waals surface area contributed by atoms with E-state index in [0.29, 0.717) is 12.0 Å². The third-order valence-electron chi connectivity index (χ3n) is 4.18. The van der Waals surface area contributed by atoms with Crippen molar-refractivity contribution in [1.29, 1.82) is 0 Å². The molecule has 1 saturated carbocycles. The van der Waals surface area contributed by atoms with Crippen LogP contribution in [0.4, 0.5) is 5.82 Å². The van der Waals surface area contributed by atoms with Crippen molar-refractivity contribution < 1.29 is 0 Å². The van der Waals surface area contributed by atoms with Gasteiger partial charge in [-0.1, -0.05) is 27.7 Å². The zero-order valence-corrected chi connectivity index (χ0v) is 13.9. The van der Waals surface area contributed by atoms with Gasteiger partial charge in [-0.15, -0.1) is 0 Å². The van der Waals surface area contributed by atoms with Gasteiger partial charge in [-0.25, -0.2) is 9.97 Å². The van der Waals surface area contributed by atoms with Crippen molar-refractivity contribution in [2.24, 2.45) is 11.8 Å². The van der Waals surface area contributed by atoms with E-state index in [2.05, 4.69) is 58.9 Å². The molecule has 19 heavy (non-hydrogen) atoms. The molecule has 3 atom stereocenters. The summed E-state index contributed by atoms with van der Waals surface area (Å²) >= 11 is 3.48. The van der Waals surface area contributed by atoms with E-state index in [1.54, 1.807) is 0 Å². The molecular formula is C15H24BrN3. The third kappa shape index (κ3) is 3.91. The van der Waals surface area contributed by atoms with Gasteiger partial charge in [0.1, 0.15) is 16.2 Å². The molecule has 4 heteroatoms. The zero-order chi connectivity index (χ0) is 14.0. The third-order valence-corrected chi connectivity index (χ3v) is 4.59. The minimum Gasteiger partial charge on any atom is -0.367 e. The van der Waals surface area contributed by atoms with Crippen LogP contribution in [0.2, 0.25) is 0 Å². The van der Waals surface area contributed by atoms with Gasteiger partial charge in [0, 0.05) is 18.0 Å². The van der Waals surface area contributed by atoms with Crippen LogP contribution >= 0.6 is 15.9 Å². The molecule has 0 aliphatic heterocycles. The van der Waals surface area contributed by atoms with E-state index in [9.17, 15) is 0 Å². The average Bonchev–Trinajstić information content (AvgIpc) is 2.33. The van der Waals surface area contributed by atoms with Gasteiger partial charge in [0.05, 0.1) is 0 Å². The maximum absolute atomic E-state index is 4.62. The summed E-state index contributed by atoms with van der Waals surface area (Å²) in [5, 5.41) is 3.59. The Morgan fingerprint density at radius 3 is 2.58 bits per heavy atom. The molecule has 3 unspecified atom stereocenters. The van der Waals surface area contributed by atoms with Crippen LogP contribution in [0.15, 0.2) is 10.7 Å². The van der Waals surface area contributed by atoms with E-state index in [1.807, 2.05) is 6.07 Å². The molecule has 0 aromatic carbocycles. The molecule has 0 saturated heterocycles. The van der Waals surface area contributed by atoms with Gasteiger partial charge in [0.25, 0.3) is 0 Å². The number of anilines is 1. The lowest BCUT2D eigenvalue weighted by molar-refractivity contribution is 0.260. The standard InChI is InChI=1S/C15H24BrN3/c1-9(2)15-18-13(16)8-14(19-15)17-12-6-5-10(3)11(4)7-12/h8-12H,5-7H2,1-4H3,(H,17,18,19). The summed E-state index contributed by atoms with van der Waals surface area (Å²) in [6.07, 6.45) is 3.78. The van der Waals surface area contributed by atoms with Crippen LogP contribution in [0, 0.1) is 11.8 Å². The first-order chi connectivity index (χ1) is 8.95. The van der Waals surface area contributed by atoms with Gasteiger partial charge in [-0.2, -0.15) is 0 Å². The molecule has 3 nitrogen and oxygen atoms in total. The first-order valence-electron chi connectivity index (χ1n) is 7.26. The second-order valence-corrected chi connectivity index (χ2v) is 7.01. The van der Waals surface area contributed by atoms with E-state index < -0.39 is 0 Å². The number of hydrogen-bond acceptors (Lipinski definition) is 3. The number of rotatable bonds is 3. The average molecular weight is 326 g/mol. The van der Waals surface area contributed by atoms with Crippen molar-refractivity contribution in [1.82, 2.24) is 9.97 Å². The Balaban J connectivity index is 2.07. The summed E-state index contributed by atoms with van der Waals surface area (Å²) in [6.45, 7) is 8.96. The number of nitrogens with one attached hydrogen (secondary N) is 1. The summed E-state index contributed by atoms with van der Waals surface area (Å²) in [6, 6.07) is 2.53. The molecule has 0 amide bonds. The predicted molar refractivity (Wildman–Crippen MR) is 83.4 cm³/mol. The van der Waals surface area contributed by atoms with Crippen LogP contribution in [0.5, 0.6) is 0 Å². The van der Waals surface area contributed by atoms with E-state index in [4.69, 9.17) is 0 Å². The van der Waals surface area contributed by atoms with Crippen molar-refractivity contribution in [2.75, 3.05) is 5.32 Å². The fourth-order valence-corrected chi connectivity index (χ4v) is 3.05. The van der Waals surface area contributed by atoms with Crippen molar-refractivity contribution in [3.05, 3.63) is 16.5 Å². The van der Waals surface area contributed by atoms with Crippen LogP contribution in [0.3, 0.4) is 0 Å². The Labute approximate surface area is 124 Å². The summed E-state index contributed by atoms with van der Waals surface area (Å²) in [5.74, 6) is 3.84. The zero-order valence-electron chi connectivity index (χ0n) is 12.3. The molecule has 1 aromatic heterocycles. The second kappa shape index (κ2) is 6.21. The molecule has 0 spiro atoms. The first kappa shape index (κ1) is 14.8. The van der Waals surface area contributed by atoms with Crippen LogP contribution in [0.25, 0.3) is 0 Å². The normalized spacial score (nSPS) is 27.6. The van der Waals surface area contributed by atoms with Crippen LogP contribution < -0.4 is 5.32 Å². The number of halogens is 1. The molecule has 0 bridgehead atoms. The van der Waals surface area contributed by atoms with Gasteiger partial charge in [-0.05, 0) is 47.0 Å². The molecule has 1 heterocycles. The van der Waals surface area contributed by atoms with Crippen LogP contribution in [0.1, 0.15) is 58.7 Å². The van der Waals surface area contributed by atoms with Gasteiger partial charge >= 0.3 is 0 Å². The van der Waals surface area contributed by atoms with Crippen molar-refractivity contribution in [3.8, 4) is 0 Å². The maximum Gasteiger partial charge on any atom is 0.134 e. The van der Waals surface area contributed by atoms with Crippen LogP contribution in [-0.4, -0.2) is 16.0 Å². The summed E-state index contributed by atoms with van der Waals surface area (Å²) in [5.41, 5.74) is 0. The van der Waals surface area contributed by atoms with Crippen molar-refractivity contribution in [2.45, 2.75) is 58.9 Å². The van der Waals surface area contributed by atoms with E-state index in [-0.39, 0.29) is 0 Å². The van der Waals surface area contributed by atoms with Gasteiger partial charge < -0.3 is 5.32 Å². The highest BCUT2D eigenvalue weighted by Crippen LogP contribution is 2.31. The van der Waals surface area contributed by atoms with Crippen LogP contribution in [-0.2, 0) is 0 Å². The molecule has 1 N–H and O–H groups in total. The molecule has 0 radical (unpaired) electrons. The summed E-state index contributed by atoms with van der Waals surface area (Å²) < 4.78 is 0.867. The van der Waals surface area contributed by atoms with Crippen molar-refractivity contribution in [3.63, 3.8) is 0 Å². The summed E-state index contributed by atoms with van der Waals surface area (Å²) in [7, 11) is 0. The second-order valence-electron chi connectivity index (χ2n) is 6.20. The predicted octanol–water partition coefficient (Wildman–Crippen LogP) is 4.60. The Morgan fingerprint density at radius 2 is 1.95 bits per heavy atom. The Kier molecular flexibility index (Phi) is 4.82. The Bertz CT molecular complexity index is 433. The van der Waals surface area contributed by atoms with Gasteiger partial charge in [0.2, 0.25) is 0 Å². The van der Waals surface area contributed by atoms with Gasteiger partial charge in [-0.3, -0.25) is 0 Å². The number of nitrogens with zero attached hydrogens (tertiary/aromatic N) is 2. The molecule has 1 aliphatic carbocycles. The van der Waals surface area contributed by atoms with E-state index in [1.165, 1.54) is 19.3 Å². The largest absolute Gasteiger partial charge is 0.367 e.